The standard InChI is InChI=1S/C25H23N3O4/c1-24(2,3)26-23(30)25(17-10-6-4-7-11-17)21-15-14-19(28(31)32)16-20(21)22(29)27(25)18-12-8-5-9-13-18/h4-16H,1-3H3,(H,26,30). The molecule has 7 heteroatoms. The lowest BCUT2D eigenvalue weighted by molar-refractivity contribution is -0.384. The highest BCUT2D eigenvalue weighted by atomic mass is 16.6. The van der Waals surface area contributed by atoms with Crippen molar-refractivity contribution in [3.05, 3.63) is 106 Å². The zero-order valence-electron chi connectivity index (χ0n) is 18.0. The summed E-state index contributed by atoms with van der Waals surface area (Å²) in [6, 6.07) is 22.0. The Morgan fingerprint density at radius 3 is 2.12 bits per heavy atom. The van der Waals surface area contributed by atoms with E-state index in [1.54, 1.807) is 48.5 Å². The molecule has 0 aromatic heterocycles. The minimum Gasteiger partial charge on any atom is -0.349 e. The van der Waals surface area contributed by atoms with Gasteiger partial charge in [0.15, 0.2) is 5.54 Å². The van der Waals surface area contributed by atoms with E-state index in [-0.39, 0.29) is 17.2 Å². The Labute approximate surface area is 185 Å². The molecule has 1 heterocycles. The molecule has 0 saturated carbocycles. The molecule has 1 unspecified atom stereocenters. The van der Waals surface area contributed by atoms with E-state index in [4.69, 9.17) is 0 Å². The number of fused-ring (bicyclic) bond motifs is 1. The van der Waals surface area contributed by atoms with E-state index in [1.165, 1.54) is 23.1 Å². The van der Waals surface area contributed by atoms with Crippen molar-refractivity contribution in [3.8, 4) is 0 Å². The highest BCUT2D eigenvalue weighted by Gasteiger charge is 2.57. The van der Waals surface area contributed by atoms with E-state index in [2.05, 4.69) is 5.32 Å². The Hall–Kier alpha value is -4.00. The predicted molar refractivity (Wildman–Crippen MR) is 121 cm³/mol. The number of carbonyl (C=O) groups is 2. The average molecular weight is 429 g/mol. The number of carbonyl (C=O) groups excluding carboxylic acids is 2. The molecule has 0 bridgehead atoms. The SMILES string of the molecule is CC(C)(C)NC(=O)C1(c2ccccc2)c2ccc([N+](=O)[O-])cc2C(=O)N1c1ccccc1. The van der Waals surface area contributed by atoms with Crippen molar-refractivity contribution in [1.29, 1.82) is 0 Å². The van der Waals surface area contributed by atoms with E-state index in [1.807, 2.05) is 32.9 Å². The molecule has 1 atom stereocenters. The fourth-order valence-electron chi connectivity index (χ4n) is 4.17. The molecule has 0 saturated heterocycles. The summed E-state index contributed by atoms with van der Waals surface area (Å²) in [5, 5.41) is 14.4. The molecular weight excluding hydrogens is 406 g/mol. The normalized spacial score (nSPS) is 17.7. The summed E-state index contributed by atoms with van der Waals surface area (Å²) < 4.78 is 0. The molecule has 0 spiro atoms. The van der Waals surface area contributed by atoms with Crippen molar-refractivity contribution in [1.82, 2.24) is 5.32 Å². The van der Waals surface area contributed by atoms with Gasteiger partial charge in [-0.25, -0.2) is 0 Å². The number of para-hydroxylation sites is 1. The summed E-state index contributed by atoms with van der Waals surface area (Å²) in [6.45, 7) is 5.60. The number of anilines is 1. The lowest BCUT2D eigenvalue weighted by Crippen LogP contribution is -2.59. The summed E-state index contributed by atoms with van der Waals surface area (Å²) in [5.74, 6) is -0.858. The molecular formula is C25H23N3O4. The van der Waals surface area contributed by atoms with E-state index in [9.17, 15) is 19.7 Å². The third kappa shape index (κ3) is 3.32. The molecule has 1 N–H and O–H groups in total. The van der Waals surface area contributed by atoms with E-state index >= 15 is 0 Å². The lowest BCUT2D eigenvalue weighted by atomic mass is 9.80. The lowest BCUT2D eigenvalue weighted by Gasteiger charge is -2.40. The van der Waals surface area contributed by atoms with Gasteiger partial charge in [-0.1, -0.05) is 48.5 Å². The van der Waals surface area contributed by atoms with Gasteiger partial charge in [0, 0.05) is 28.9 Å². The first-order valence-corrected chi connectivity index (χ1v) is 10.2. The number of nitro benzene ring substituents is 1. The molecule has 3 aromatic carbocycles. The van der Waals surface area contributed by atoms with Crippen LogP contribution in [0.5, 0.6) is 0 Å². The third-order valence-corrected chi connectivity index (χ3v) is 5.40. The van der Waals surface area contributed by atoms with Crippen LogP contribution in [0.1, 0.15) is 42.3 Å². The van der Waals surface area contributed by atoms with Gasteiger partial charge >= 0.3 is 0 Å². The van der Waals surface area contributed by atoms with Crippen LogP contribution in [0.25, 0.3) is 0 Å². The Bertz CT molecular complexity index is 1200. The number of rotatable bonds is 4. The van der Waals surface area contributed by atoms with Gasteiger partial charge in [0.25, 0.3) is 17.5 Å². The highest BCUT2D eigenvalue weighted by molar-refractivity contribution is 6.19. The Morgan fingerprint density at radius 2 is 1.56 bits per heavy atom. The van der Waals surface area contributed by atoms with Crippen LogP contribution in [0, 0.1) is 10.1 Å². The van der Waals surface area contributed by atoms with Crippen molar-refractivity contribution in [2.45, 2.75) is 31.8 Å². The highest BCUT2D eigenvalue weighted by Crippen LogP contribution is 2.48. The summed E-state index contributed by atoms with van der Waals surface area (Å²) >= 11 is 0. The summed E-state index contributed by atoms with van der Waals surface area (Å²) in [4.78, 5) is 40.1. The topological polar surface area (TPSA) is 92.5 Å². The maximum atomic E-state index is 14.1. The number of non-ortho nitro benzene ring substituents is 1. The number of hydrogen-bond acceptors (Lipinski definition) is 4. The van der Waals surface area contributed by atoms with Crippen LogP contribution < -0.4 is 10.2 Å². The average Bonchev–Trinajstić information content (AvgIpc) is 3.03. The van der Waals surface area contributed by atoms with Crippen molar-refractivity contribution < 1.29 is 14.5 Å². The van der Waals surface area contributed by atoms with Gasteiger partial charge in [-0.05, 0) is 44.5 Å². The minimum atomic E-state index is -1.53. The van der Waals surface area contributed by atoms with Gasteiger partial charge in [-0.3, -0.25) is 24.6 Å². The van der Waals surface area contributed by atoms with Gasteiger partial charge in [-0.15, -0.1) is 0 Å². The number of nitro groups is 1. The van der Waals surface area contributed by atoms with Gasteiger partial charge in [0.2, 0.25) is 0 Å². The van der Waals surface area contributed by atoms with Crippen LogP contribution in [0.15, 0.2) is 78.9 Å². The van der Waals surface area contributed by atoms with Gasteiger partial charge in [0.1, 0.15) is 0 Å². The fourth-order valence-corrected chi connectivity index (χ4v) is 4.17. The second kappa shape index (κ2) is 7.60. The fraction of sp³-hybridized carbons (Fsp3) is 0.200. The molecule has 4 rings (SSSR count). The van der Waals surface area contributed by atoms with Crippen LogP contribution in [0.3, 0.4) is 0 Å². The molecule has 162 valence electrons. The third-order valence-electron chi connectivity index (χ3n) is 5.40. The van der Waals surface area contributed by atoms with E-state index in [0.717, 1.165) is 0 Å². The number of nitrogens with zero attached hydrogens (tertiary/aromatic N) is 2. The number of hydrogen-bond donors (Lipinski definition) is 1. The second-order valence-electron chi connectivity index (χ2n) is 8.74. The molecule has 7 nitrogen and oxygen atoms in total. The van der Waals surface area contributed by atoms with Crippen molar-refractivity contribution in [2.24, 2.45) is 0 Å². The van der Waals surface area contributed by atoms with Crippen molar-refractivity contribution >= 4 is 23.2 Å². The van der Waals surface area contributed by atoms with Crippen LogP contribution in [0.4, 0.5) is 11.4 Å². The Kier molecular flexibility index (Phi) is 5.05. The minimum absolute atomic E-state index is 0.135. The van der Waals surface area contributed by atoms with E-state index < -0.39 is 21.9 Å². The monoisotopic (exact) mass is 429 g/mol. The predicted octanol–water partition coefficient (Wildman–Crippen LogP) is 4.41. The van der Waals surface area contributed by atoms with Gasteiger partial charge in [-0.2, -0.15) is 0 Å². The molecule has 0 radical (unpaired) electrons. The van der Waals surface area contributed by atoms with Crippen molar-refractivity contribution in [3.63, 3.8) is 0 Å². The smallest absolute Gasteiger partial charge is 0.270 e. The number of amides is 2. The molecule has 0 aliphatic carbocycles. The zero-order chi connectivity index (χ0) is 23.1. The maximum absolute atomic E-state index is 14.1. The first kappa shape index (κ1) is 21.2. The van der Waals surface area contributed by atoms with Gasteiger partial charge < -0.3 is 5.32 Å². The molecule has 1 aliphatic heterocycles. The molecule has 32 heavy (non-hydrogen) atoms. The van der Waals surface area contributed by atoms with Crippen molar-refractivity contribution in [2.75, 3.05) is 4.90 Å². The van der Waals surface area contributed by atoms with Crippen LogP contribution >= 0.6 is 0 Å². The molecule has 3 aromatic rings. The summed E-state index contributed by atoms with van der Waals surface area (Å²) in [7, 11) is 0. The maximum Gasteiger partial charge on any atom is 0.270 e. The molecule has 0 fully saturated rings. The first-order chi connectivity index (χ1) is 15.2. The molecule has 1 aliphatic rings. The quantitative estimate of drug-likeness (QED) is 0.491. The van der Waals surface area contributed by atoms with E-state index in [0.29, 0.717) is 16.8 Å². The summed E-state index contributed by atoms with van der Waals surface area (Å²) in [6.07, 6.45) is 0. The van der Waals surface area contributed by atoms with Crippen LogP contribution in [-0.4, -0.2) is 22.3 Å². The van der Waals surface area contributed by atoms with Gasteiger partial charge in [0.05, 0.1) is 10.5 Å². The first-order valence-electron chi connectivity index (χ1n) is 10.2. The van der Waals surface area contributed by atoms with Crippen LogP contribution in [0.2, 0.25) is 0 Å². The number of benzene rings is 3. The largest absolute Gasteiger partial charge is 0.349 e. The Balaban J connectivity index is 2.09. The molecule has 2 amide bonds. The second-order valence-corrected chi connectivity index (χ2v) is 8.74. The Morgan fingerprint density at radius 1 is 0.969 bits per heavy atom. The number of nitrogens with one attached hydrogen (secondary N) is 1. The zero-order valence-corrected chi connectivity index (χ0v) is 18.0. The van der Waals surface area contributed by atoms with Crippen LogP contribution in [-0.2, 0) is 10.3 Å². The summed E-state index contributed by atoms with van der Waals surface area (Å²) in [5.41, 5.74) is -0.660.